The molecular weight excluding hydrogens is 336 g/mol. The SMILES string of the molecule is CN(CCC(=O)N1CCC(C(=O)O)(n2cccn2)CC1)S(C)(=O)=O. The lowest BCUT2D eigenvalue weighted by molar-refractivity contribution is -0.153. The number of likely N-dealkylation sites (tertiary alicyclic amines) is 1. The molecule has 0 unspecified atom stereocenters. The Hall–Kier alpha value is -1.94. The van der Waals surface area contributed by atoms with Crippen molar-refractivity contribution in [2.24, 2.45) is 0 Å². The fourth-order valence-corrected chi connectivity index (χ4v) is 3.19. The average Bonchev–Trinajstić information content (AvgIpc) is 3.06. The van der Waals surface area contributed by atoms with Gasteiger partial charge >= 0.3 is 5.97 Å². The van der Waals surface area contributed by atoms with Gasteiger partial charge in [-0.25, -0.2) is 17.5 Å². The zero-order valence-corrected chi connectivity index (χ0v) is 14.6. The van der Waals surface area contributed by atoms with Gasteiger partial charge < -0.3 is 10.0 Å². The first kappa shape index (κ1) is 18.4. The second-order valence-corrected chi connectivity index (χ2v) is 8.09. The number of hydrogen-bond acceptors (Lipinski definition) is 5. The normalized spacial score (nSPS) is 17.9. The van der Waals surface area contributed by atoms with Gasteiger partial charge in [0, 0.05) is 58.3 Å². The van der Waals surface area contributed by atoms with Crippen molar-refractivity contribution in [2.75, 3.05) is 32.9 Å². The fourth-order valence-electron chi connectivity index (χ4n) is 2.77. The quantitative estimate of drug-likeness (QED) is 0.738. The Kier molecular flexibility index (Phi) is 5.29. The number of sulfonamides is 1. The predicted octanol–water partition coefficient (Wildman–Crippen LogP) is -0.433. The van der Waals surface area contributed by atoms with Crippen LogP contribution < -0.4 is 0 Å². The third-order valence-corrected chi connectivity index (χ3v) is 5.81. The van der Waals surface area contributed by atoms with E-state index in [0.717, 1.165) is 10.6 Å². The molecule has 2 heterocycles. The van der Waals surface area contributed by atoms with Crippen molar-refractivity contribution < 1.29 is 23.1 Å². The van der Waals surface area contributed by atoms with E-state index in [1.54, 1.807) is 17.2 Å². The molecule has 10 heteroatoms. The molecule has 1 N–H and O–H groups in total. The molecule has 0 spiro atoms. The number of amides is 1. The molecule has 1 amide bonds. The Morgan fingerprint density at radius 3 is 2.42 bits per heavy atom. The van der Waals surface area contributed by atoms with Crippen LogP contribution in [0.3, 0.4) is 0 Å². The van der Waals surface area contributed by atoms with Crippen molar-refractivity contribution in [1.29, 1.82) is 0 Å². The topological polar surface area (TPSA) is 113 Å². The number of carbonyl (C=O) groups is 2. The minimum absolute atomic E-state index is 0.0748. The van der Waals surface area contributed by atoms with Crippen molar-refractivity contribution in [1.82, 2.24) is 19.0 Å². The van der Waals surface area contributed by atoms with Crippen LogP contribution in [0.5, 0.6) is 0 Å². The van der Waals surface area contributed by atoms with E-state index in [2.05, 4.69) is 5.10 Å². The van der Waals surface area contributed by atoms with Crippen LogP contribution in [0.4, 0.5) is 0 Å². The van der Waals surface area contributed by atoms with Gasteiger partial charge in [-0.15, -0.1) is 0 Å². The summed E-state index contributed by atoms with van der Waals surface area (Å²) in [6.07, 6.45) is 4.83. The van der Waals surface area contributed by atoms with Crippen LogP contribution in [0, 0.1) is 0 Å². The van der Waals surface area contributed by atoms with Gasteiger partial charge in [-0.3, -0.25) is 9.48 Å². The molecule has 2 rings (SSSR count). The summed E-state index contributed by atoms with van der Waals surface area (Å²) in [4.78, 5) is 25.6. The first-order chi connectivity index (χ1) is 11.2. The largest absolute Gasteiger partial charge is 0.479 e. The van der Waals surface area contributed by atoms with Gasteiger partial charge in [0.05, 0.1) is 6.26 Å². The van der Waals surface area contributed by atoms with E-state index in [4.69, 9.17) is 0 Å². The summed E-state index contributed by atoms with van der Waals surface area (Å²) in [6, 6.07) is 1.67. The van der Waals surface area contributed by atoms with Crippen LogP contribution >= 0.6 is 0 Å². The van der Waals surface area contributed by atoms with Gasteiger partial charge in [-0.2, -0.15) is 5.10 Å². The number of carbonyl (C=O) groups excluding carboxylic acids is 1. The second-order valence-electron chi connectivity index (χ2n) is 6.00. The maximum absolute atomic E-state index is 12.2. The number of aliphatic carboxylic acids is 1. The number of aromatic nitrogens is 2. The Bertz CT molecular complexity index is 693. The summed E-state index contributed by atoms with van der Waals surface area (Å²) in [5, 5.41) is 13.7. The molecule has 134 valence electrons. The van der Waals surface area contributed by atoms with Gasteiger partial charge in [0.1, 0.15) is 0 Å². The van der Waals surface area contributed by atoms with E-state index in [-0.39, 0.29) is 31.7 Å². The lowest BCUT2D eigenvalue weighted by atomic mass is 9.87. The zero-order chi connectivity index (χ0) is 18.0. The van der Waals surface area contributed by atoms with Crippen LogP contribution in [0.15, 0.2) is 18.5 Å². The Morgan fingerprint density at radius 2 is 1.96 bits per heavy atom. The predicted molar refractivity (Wildman–Crippen MR) is 85.7 cm³/mol. The number of piperidine rings is 1. The van der Waals surface area contributed by atoms with Crippen LogP contribution in [0.1, 0.15) is 19.3 Å². The Balaban J connectivity index is 1.96. The van der Waals surface area contributed by atoms with E-state index >= 15 is 0 Å². The fraction of sp³-hybridized carbons (Fsp3) is 0.643. The highest BCUT2D eigenvalue weighted by Crippen LogP contribution is 2.30. The number of rotatable bonds is 6. The number of carboxylic acids is 1. The molecule has 1 aromatic rings. The summed E-state index contributed by atoms with van der Waals surface area (Å²) in [5.74, 6) is -1.14. The smallest absolute Gasteiger partial charge is 0.331 e. The second kappa shape index (κ2) is 6.89. The third-order valence-electron chi connectivity index (χ3n) is 4.49. The lowest BCUT2D eigenvalue weighted by Gasteiger charge is -2.39. The van der Waals surface area contributed by atoms with Crippen molar-refractivity contribution in [3.8, 4) is 0 Å². The van der Waals surface area contributed by atoms with E-state index in [9.17, 15) is 23.1 Å². The van der Waals surface area contributed by atoms with E-state index in [0.29, 0.717) is 13.1 Å². The highest BCUT2D eigenvalue weighted by molar-refractivity contribution is 7.88. The van der Waals surface area contributed by atoms with E-state index < -0.39 is 21.5 Å². The summed E-state index contributed by atoms with van der Waals surface area (Å²) < 4.78 is 25.2. The summed E-state index contributed by atoms with van der Waals surface area (Å²) in [7, 11) is -1.89. The van der Waals surface area contributed by atoms with Gasteiger partial charge in [-0.1, -0.05) is 0 Å². The first-order valence-corrected chi connectivity index (χ1v) is 9.44. The molecule has 1 aliphatic rings. The highest BCUT2D eigenvalue weighted by atomic mass is 32.2. The Labute approximate surface area is 140 Å². The summed E-state index contributed by atoms with van der Waals surface area (Å²) >= 11 is 0. The van der Waals surface area contributed by atoms with E-state index in [1.807, 2.05) is 0 Å². The van der Waals surface area contributed by atoms with Gasteiger partial charge in [0.15, 0.2) is 5.54 Å². The minimum Gasteiger partial charge on any atom is -0.479 e. The molecule has 0 bridgehead atoms. The molecule has 1 aliphatic heterocycles. The zero-order valence-electron chi connectivity index (χ0n) is 13.8. The van der Waals surface area contributed by atoms with Crippen molar-refractivity contribution >= 4 is 21.9 Å². The molecular formula is C14H22N4O5S. The summed E-state index contributed by atoms with van der Waals surface area (Å²) in [6.45, 7) is 0.707. The maximum atomic E-state index is 12.2. The van der Waals surface area contributed by atoms with Crippen LogP contribution in [0.25, 0.3) is 0 Å². The molecule has 0 saturated carbocycles. The monoisotopic (exact) mass is 358 g/mol. The average molecular weight is 358 g/mol. The van der Waals surface area contributed by atoms with Crippen molar-refractivity contribution in [2.45, 2.75) is 24.8 Å². The number of hydrogen-bond donors (Lipinski definition) is 1. The van der Waals surface area contributed by atoms with Crippen molar-refractivity contribution in [3.05, 3.63) is 18.5 Å². The van der Waals surface area contributed by atoms with E-state index in [1.165, 1.54) is 17.9 Å². The third kappa shape index (κ3) is 3.75. The van der Waals surface area contributed by atoms with Crippen LogP contribution in [-0.4, -0.2) is 77.3 Å². The minimum atomic E-state index is -3.32. The van der Waals surface area contributed by atoms with Crippen molar-refractivity contribution in [3.63, 3.8) is 0 Å². The van der Waals surface area contributed by atoms with Gasteiger partial charge in [0.25, 0.3) is 0 Å². The standard InChI is InChI=1S/C14H22N4O5S/c1-16(24(2,22)23)9-4-12(19)17-10-5-14(6-11-17,13(20)21)18-8-3-7-15-18/h3,7-8H,4-6,9-11H2,1-2H3,(H,20,21). The maximum Gasteiger partial charge on any atom is 0.331 e. The van der Waals surface area contributed by atoms with Crippen LogP contribution in [0.2, 0.25) is 0 Å². The van der Waals surface area contributed by atoms with Gasteiger partial charge in [-0.05, 0) is 6.07 Å². The molecule has 1 aromatic heterocycles. The molecule has 0 aliphatic carbocycles. The molecule has 0 atom stereocenters. The van der Waals surface area contributed by atoms with Gasteiger partial charge in [0.2, 0.25) is 15.9 Å². The van der Waals surface area contributed by atoms with Crippen LogP contribution in [-0.2, 0) is 25.2 Å². The molecule has 24 heavy (non-hydrogen) atoms. The molecule has 0 radical (unpaired) electrons. The molecule has 1 saturated heterocycles. The summed E-state index contributed by atoms with van der Waals surface area (Å²) in [5.41, 5.74) is -1.14. The molecule has 0 aromatic carbocycles. The number of nitrogens with zero attached hydrogens (tertiary/aromatic N) is 4. The number of carboxylic acid groups (broad SMARTS) is 1. The first-order valence-electron chi connectivity index (χ1n) is 7.59. The molecule has 9 nitrogen and oxygen atoms in total. The Morgan fingerprint density at radius 1 is 1.33 bits per heavy atom. The molecule has 1 fully saturated rings. The highest BCUT2D eigenvalue weighted by Gasteiger charge is 2.44. The lowest BCUT2D eigenvalue weighted by Crippen LogP contribution is -2.52.